The van der Waals surface area contributed by atoms with E-state index in [4.69, 9.17) is 5.73 Å². The highest BCUT2D eigenvalue weighted by Gasteiger charge is 2.13. The van der Waals surface area contributed by atoms with Crippen LogP contribution >= 0.6 is 0 Å². The minimum absolute atomic E-state index is 0.219. The van der Waals surface area contributed by atoms with Gasteiger partial charge >= 0.3 is 0 Å². The van der Waals surface area contributed by atoms with Crippen LogP contribution in [0.3, 0.4) is 0 Å². The van der Waals surface area contributed by atoms with Crippen molar-refractivity contribution in [2.75, 3.05) is 11.9 Å². The number of aryl methyl sites for hydroxylation is 2. The maximum Gasteiger partial charge on any atom is 0.128 e. The van der Waals surface area contributed by atoms with Gasteiger partial charge in [-0.15, -0.1) is 0 Å². The maximum absolute atomic E-state index is 13.8. The molecule has 1 atom stereocenters. The molecular formula is C16H19FN2. The van der Waals surface area contributed by atoms with Gasteiger partial charge in [-0.2, -0.15) is 0 Å². The van der Waals surface area contributed by atoms with Gasteiger partial charge in [0.25, 0.3) is 0 Å². The molecule has 3 heteroatoms. The van der Waals surface area contributed by atoms with Crippen LogP contribution in [0.5, 0.6) is 0 Å². The first kappa shape index (κ1) is 13.6. The van der Waals surface area contributed by atoms with Crippen LogP contribution in [0.4, 0.5) is 10.1 Å². The molecule has 0 saturated carbocycles. The van der Waals surface area contributed by atoms with Gasteiger partial charge in [-0.1, -0.05) is 24.3 Å². The van der Waals surface area contributed by atoms with Gasteiger partial charge in [0, 0.05) is 17.8 Å². The number of anilines is 1. The van der Waals surface area contributed by atoms with Crippen molar-refractivity contribution >= 4 is 5.69 Å². The molecule has 0 fully saturated rings. The number of nitrogens with one attached hydrogen (secondary N) is 1. The number of hydrogen-bond acceptors (Lipinski definition) is 2. The lowest BCUT2D eigenvalue weighted by molar-refractivity contribution is 0.593. The number of benzene rings is 2. The molecule has 0 aromatic heterocycles. The highest BCUT2D eigenvalue weighted by atomic mass is 19.1. The standard InChI is InChI=1S/C16H19FN2/c1-11-7-8-13(9-12(11)2)19-16(10-18)14-5-3-4-6-15(14)17/h3-9,16,19H,10,18H2,1-2H3. The Morgan fingerprint density at radius 3 is 2.47 bits per heavy atom. The molecule has 0 aliphatic rings. The second-order valence-electron chi connectivity index (χ2n) is 4.75. The van der Waals surface area contributed by atoms with Crippen molar-refractivity contribution in [3.8, 4) is 0 Å². The van der Waals surface area contributed by atoms with Gasteiger partial charge in [0.05, 0.1) is 6.04 Å². The van der Waals surface area contributed by atoms with Gasteiger partial charge in [-0.05, 0) is 43.2 Å². The molecule has 2 nitrogen and oxygen atoms in total. The van der Waals surface area contributed by atoms with Crippen molar-refractivity contribution in [2.24, 2.45) is 5.73 Å². The third-order valence-corrected chi connectivity index (χ3v) is 3.36. The van der Waals surface area contributed by atoms with E-state index in [1.807, 2.05) is 18.2 Å². The van der Waals surface area contributed by atoms with E-state index in [0.29, 0.717) is 12.1 Å². The van der Waals surface area contributed by atoms with Crippen molar-refractivity contribution < 1.29 is 4.39 Å². The van der Waals surface area contributed by atoms with E-state index in [9.17, 15) is 4.39 Å². The largest absolute Gasteiger partial charge is 0.377 e. The summed E-state index contributed by atoms with van der Waals surface area (Å²) in [4.78, 5) is 0. The Morgan fingerprint density at radius 1 is 1.11 bits per heavy atom. The molecule has 2 rings (SSSR count). The topological polar surface area (TPSA) is 38.0 Å². The van der Waals surface area contributed by atoms with E-state index in [-0.39, 0.29) is 11.9 Å². The quantitative estimate of drug-likeness (QED) is 0.880. The zero-order valence-corrected chi connectivity index (χ0v) is 11.3. The zero-order valence-electron chi connectivity index (χ0n) is 11.3. The number of rotatable bonds is 4. The van der Waals surface area contributed by atoms with E-state index in [1.54, 1.807) is 12.1 Å². The van der Waals surface area contributed by atoms with Crippen LogP contribution in [0.2, 0.25) is 0 Å². The first-order chi connectivity index (χ1) is 9.11. The Hall–Kier alpha value is -1.87. The van der Waals surface area contributed by atoms with Crippen LogP contribution in [-0.2, 0) is 0 Å². The summed E-state index contributed by atoms with van der Waals surface area (Å²) >= 11 is 0. The molecule has 2 aromatic carbocycles. The van der Waals surface area contributed by atoms with E-state index in [0.717, 1.165) is 5.69 Å². The molecule has 0 spiro atoms. The van der Waals surface area contributed by atoms with E-state index in [2.05, 4.69) is 25.2 Å². The first-order valence-electron chi connectivity index (χ1n) is 6.40. The third kappa shape index (κ3) is 3.12. The molecule has 0 aliphatic carbocycles. The Bertz CT molecular complexity index is 566. The van der Waals surface area contributed by atoms with Crippen molar-refractivity contribution in [1.29, 1.82) is 0 Å². The summed E-state index contributed by atoms with van der Waals surface area (Å²) in [5, 5.41) is 3.29. The van der Waals surface area contributed by atoms with E-state index < -0.39 is 0 Å². The highest BCUT2D eigenvalue weighted by molar-refractivity contribution is 5.50. The molecular weight excluding hydrogens is 239 g/mol. The smallest absolute Gasteiger partial charge is 0.128 e. The Morgan fingerprint density at radius 2 is 1.84 bits per heavy atom. The molecule has 0 amide bonds. The lowest BCUT2D eigenvalue weighted by Crippen LogP contribution is -2.21. The van der Waals surface area contributed by atoms with Crippen molar-refractivity contribution in [1.82, 2.24) is 0 Å². The molecule has 100 valence electrons. The van der Waals surface area contributed by atoms with E-state index in [1.165, 1.54) is 17.2 Å². The predicted molar refractivity (Wildman–Crippen MR) is 77.7 cm³/mol. The van der Waals surface area contributed by atoms with Crippen LogP contribution < -0.4 is 11.1 Å². The van der Waals surface area contributed by atoms with Crippen LogP contribution in [0.25, 0.3) is 0 Å². The molecule has 0 saturated heterocycles. The molecule has 19 heavy (non-hydrogen) atoms. The average molecular weight is 258 g/mol. The minimum atomic E-state index is -0.228. The van der Waals surface area contributed by atoms with Crippen molar-refractivity contribution in [3.63, 3.8) is 0 Å². The molecule has 0 heterocycles. The second kappa shape index (κ2) is 5.85. The molecule has 0 radical (unpaired) electrons. The van der Waals surface area contributed by atoms with Crippen LogP contribution in [0.15, 0.2) is 42.5 Å². The average Bonchev–Trinajstić information content (AvgIpc) is 2.41. The zero-order chi connectivity index (χ0) is 13.8. The summed E-state index contributed by atoms with van der Waals surface area (Å²) in [7, 11) is 0. The summed E-state index contributed by atoms with van der Waals surface area (Å²) in [5.74, 6) is -0.228. The summed E-state index contributed by atoms with van der Waals surface area (Å²) in [5.41, 5.74) is 9.76. The Labute approximate surface area is 113 Å². The van der Waals surface area contributed by atoms with Gasteiger partial charge in [0.1, 0.15) is 5.82 Å². The minimum Gasteiger partial charge on any atom is -0.377 e. The Kier molecular flexibility index (Phi) is 4.17. The third-order valence-electron chi connectivity index (χ3n) is 3.36. The van der Waals surface area contributed by atoms with Crippen LogP contribution in [0, 0.1) is 19.7 Å². The van der Waals surface area contributed by atoms with Crippen molar-refractivity contribution in [2.45, 2.75) is 19.9 Å². The van der Waals surface area contributed by atoms with E-state index >= 15 is 0 Å². The van der Waals surface area contributed by atoms with Gasteiger partial charge in [0.2, 0.25) is 0 Å². The van der Waals surface area contributed by atoms with Gasteiger partial charge < -0.3 is 11.1 Å². The first-order valence-corrected chi connectivity index (χ1v) is 6.40. The van der Waals surface area contributed by atoms with Gasteiger partial charge in [-0.25, -0.2) is 4.39 Å². The van der Waals surface area contributed by atoms with Crippen molar-refractivity contribution in [3.05, 3.63) is 65.0 Å². The number of hydrogen-bond donors (Lipinski definition) is 2. The number of nitrogens with two attached hydrogens (primary N) is 1. The summed E-state index contributed by atoms with van der Waals surface area (Å²) < 4.78 is 13.8. The maximum atomic E-state index is 13.8. The van der Waals surface area contributed by atoms with Crippen LogP contribution in [-0.4, -0.2) is 6.54 Å². The molecule has 2 aromatic rings. The normalized spacial score (nSPS) is 12.2. The lowest BCUT2D eigenvalue weighted by atomic mass is 10.0. The summed E-state index contributed by atoms with van der Waals surface area (Å²) in [6, 6.07) is 12.6. The SMILES string of the molecule is Cc1ccc(NC(CN)c2ccccc2F)cc1C. The monoisotopic (exact) mass is 258 g/mol. The molecule has 3 N–H and O–H groups in total. The molecule has 0 aliphatic heterocycles. The van der Waals surface area contributed by atoms with Gasteiger partial charge in [0.15, 0.2) is 0 Å². The highest BCUT2D eigenvalue weighted by Crippen LogP contribution is 2.22. The fourth-order valence-corrected chi connectivity index (χ4v) is 2.05. The lowest BCUT2D eigenvalue weighted by Gasteiger charge is -2.19. The molecule has 0 bridgehead atoms. The van der Waals surface area contributed by atoms with Gasteiger partial charge in [-0.3, -0.25) is 0 Å². The summed E-state index contributed by atoms with van der Waals surface area (Å²) in [6.45, 7) is 4.46. The second-order valence-corrected chi connectivity index (χ2v) is 4.75. The molecule has 1 unspecified atom stereocenters. The Balaban J connectivity index is 2.24. The fraction of sp³-hybridized carbons (Fsp3) is 0.250. The fourth-order valence-electron chi connectivity index (χ4n) is 2.05. The van der Waals surface area contributed by atoms with Crippen LogP contribution in [0.1, 0.15) is 22.7 Å². The predicted octanol–water partition coefficient (Wildman–Crippen LogP) is 3.55. The number of halogens is 1. The summed E-state index contributed by atoms with van der Waals surface area (Å²) in [6.07, 6.45) is 0.